The van der Waals surface area contributed by atoms with Gasteiger partial charge >= 0.3 is 0 Å². The number of aromatic nitrogens is 2. The van der Waals surface area contributed by atoms with Crippen LogP contribution in [0.25, 0.3) is 11.0 Å². The summed E-state index contributed by atoms with van der Waals surface area (Å²) in [6.07, 6.45) is 0.783. The molecule has 1 N–H and O–H groups in total. The van der Waals surface area contributed by atoms with Gasteiger partial charge in [0, 0.05) is 11.6 Å². The number of nitrogens with zero attached hydrogens (tertiary/aromatic N) is 2. The number of nitrogens with one attached hydrogen (secondary N) is 1. The summed E-state index contributed by atoms with van der Waals surface area (Å²) in [5, 5.41) is 3.77. The van der Waals surface area contributed by atoms with Gasteiger partial charge in [-0.05, 0) is 87.2 Å². The highest BCUT2D eigenvalue weighted by molar-refractivity contribution is 6.31. The van der Waals surface area contributed by atoms with E-state index in [1.165, 1.54) is 0 Å². The molecular formula is C29H32ClN3O3. The second-order valence-electron chi connectivity index (χ2n) is 9.07. The van der Waals surface area contributed by atoms with Gasteiger partial charge in [0.25, 0.3) is 5.91 Å². The van der Waals surface area contributed by atoms with E-state index in [0.29, 0.717) is 13.2 Å². The third kappa shape index (κ3) is 6.18. The van der Waals surface area contributed by atoms with E-state index in [0.717, 1.165) is 56.5 Å². The number of ether oxygens (including phenoxy) is 2. The maximum atomic E-state index is 12.7. The van der Waals surface area contributed by atoms with Gasteiger partial charge in [-0.25, -0.2) is 4.98 Å². The second-order valence-corrected chi connectivity index (χ2v) is 9.48. The highest BCUT2D eigenvalue weighted by Gasteiger charge is 2.19. The first kappa shape index (κ1) is 25.6. The van der Waals surface area contributed by atoms with Crippen molar-refractivity contribution in [1.29, 1.82) is 0 Å². The molecule has 0 radical (unpaired) electrons. The summed E-state index contributed by atoms with van der Waals surface area (Å²) in [7, 11) is 0. The number of para-hydroxylation sites is 2. The molecule has 0 spiro atoms. The Kier molecular flexibility index (Phi) is 8.16. The van der Waals surface area contributed by atoms with Crippen molar-refractivity contribution in [3.05, 3.63) is 88.2 Å². The Morgan fingerprint density at radius 1 is 1.03 bits per heavy atom. The average Bonchev–Trinajstić information content (AvgIpc) is 3.23. The van der Waals surface area contributed by atoms with E-state index in [2.05, 4.69) is 9.88 Å². The molecule has 1 aromatic heterocycles. The monoisotopic (exact) mass is 505 g/mol. The lowest BCUT2D eigenvalue weighted by atomic mass is 10.1. The topological polar surface area (TPSA) is 65.4 Å². The lowest BCUT2D eigenvalue weighted by molar-refractivity contribution is -0.123. The van der Waals surface area contributed by atoms with Crippen molar-refractivity contribution in [2.24, 2.45) is 0 Å². The fraction of sp³-hybridized carbons (Fsp3) is 0.310. The second kappa shape index (κ2) is 11.5. The molecule has 7 heteroatoms. The Hall–Kier alpha value is -3.51. The van der Waals surface area contributed by atoms with Gasteiger partial charge in [0.2, 0.25) is 0 Å². The first-order valence-electron chi connectivity index (χ1n) is 12.2. The molecule has 6 nitrogen and oxygen atoms in total. The van der Waals surface area contributed by atoms with Crippen LogP contribution >= 0.6 is 11.6 Å². The van der Waals surface area contributed by atoms with Gasteiger partial charge in [-0.3, -0.25) is 4.79 Å². The van der Waals surface area contributed by atoms with Gasteiger partial charge in [0.1, 0.15) is 17.3 Å². The van der Waals surface area contributed by atoms with Crippen molar-refractivity contribution in [2.45, 2.75) is 46.7 Å². The van der Waals surface area contributed by atoms with E-state index >= 15 is 0 Å². The van der Waals surface area contributed by atoms with E-state index in [4.69, 9.17) is 26.1 Å². The van der Waals surface area contributed by atoms with Gasteiger partial charge in [0.15, 0.2) is 6.61 Å². The Bertz CT molecular complexity index is 1370. The van der Waals surface area contributed by atoms with Gasteiger partial charge in [0.05, 0.1) is 23.7 Å². The number of amides is 1. The van der Waals surface area contributed by atoms with E-state index in [1.54, 1.807) is 0 Å². The van der Waals surface area contributed by atoms with E-state index in [9.17, 15) is 4.79 Å². The summed E-state index contributed by atoms with van der Waals surface area (Å²) in [5.41, 5.74) is 5.01. The summed E-state index contributed by atoms with van der Waals surface area (Å²) < 4.78 is 13.9. The highest BCUT2D eigenvalue weighted by Crippen LogP contribution is 2.23. The zero-order valence-corrected chi connectivity index (χ0v) is 21.9. The number of hydrogen-bond acceptors (Lipinski definition) is 4. The fourth-order valence-corrected chi connectivity index (χ4v) is 4.25. The van der Waals surface area contributed by atoms with Gasteiger partial charge in [-0.1, -0.05) is 35.9 Å². The summed E-state index contributed by atoms with van der Waals surface area (Å²) in [4.78, 5) is 17.5. The largest absolute Gasteiger partial charge is 0.494 e. The molecule has 36 heavy (non-hydrogen) atoms. The third-order valence-corrected chi connectivity index (χ3v) is 6.50. The van der Waals surface area contributed by atoms with Gasteiger partial charge in [-0.15, -0.1) is 0 Å². The number of carbonyl (C=O) groups excluding carboxylic acids is 1. The predicted octanol–water partition coefficient (Wildman–Crippen LogP) is 6.34. The van der Waals surface area contributed by atoms with Crippen LogP contribution in [0.4, 0.5) is 0 Å². The Balaban J connectivity index is 1.40. The van der Waals surface area contributed by atoms with Crippen molar-refractivity contribution in [2.75, 3.05) is 13.2 Å². The predicted molar refractivity (Wildman–Crippen MR) is 144 cm³/mol. The number of imidazole rings is 1. The minimum Gasteiger partial charge on any atom is -0.494 e. The molecular weight excluding hydrogens is 474 g/mol. The quantitative estimate of drug-likeness (QED) is 0.255. The number of aryl methyl sites for hydroxylation is 4. The molecule has 4 aromatic rings. The summed E-state index contributed by atoms with van der Waals surface area (Å²) in [5.74, 6) is 2.14. The number of benzene rings is 3. The first-order chi connectivity index (χ1) is 17.3. The molecule has 0 bridgehead atoms. The summed E-state index contributed by atoms with van der Waals surface area (Å²) in [6, 6.07) is 19.3. The number of carbonyl (C=O) groups is 1. The first-order valence-corrected chi connectivity index (χ1v) is 12.5. The standard InChI is InChI=1S/C29H32ClN3O3/c1-19-10-11-20(2)27(16-19)36-18-28(34)31-22(4)29-32-25-8-5-6-9-26(25)33(29)14-7-15-35-23-12-13-24(30)21(3)17-23/h5-6,8-13,16-17,22H,7,14-15,18H2,1-4H3,(H,31,34). The van der Waals surface area contributed by atoms with Crippen LogP contribution in [0.1, 0.15) is 41.9 Å². The van der Waals surface area contributed by atoms with Crippen molar-refractivity contribution in [3.8, 4) is 11.5 Å². The van der Waals surface area contributed by atoms with Crippen LogP contribution in [0.15, 0.2) is 60.7 Å². The molecule has 0 saturated heterocycles. The third-order valence-electron chi connectivity index (χ3n) is 6.08. The molecule has 0 aliphatic carbocycles. The molecule has 0 aliphatic heterocycles. The average molecular weight is 506 g/mol. The van der Waals surface area contributed by atoms with Crippen molar-refractivity contribution in [3.63, 3.8) is 0 Å². The lowest BCUT2D eigenvalue weighted by Gasteiger charge is -2.17. The van der Waals surface area contributed by atoms with Gasteiger partial charge in [-0.2, -0.15) is 0 Å². The molecule has 0 aliphatic rings. The van der Waals surface area contributed by atoms with Crippen LogP contribution in [0.3, 0.4) is 0 Å². The SMILES string of the molecule is Cc1ccc(C)c(OCC(=O)NC(C)c2nc3ccccc3n2CCCOc2ccc(Cl)c(C)c2)c1. The van der Waals surface area contributed by atoms with E-state index in [1.807, 2.05) is 88.4 Å². The zero-order chi connectivity index (χ0) is 25.7. The van der Waals surface area contributed by atoms with Crippen molar-refractivity contribution in [1.82, 2.24) is 14.9 Å². The van der Waals surface area contributed by atoms with E-state index < -0.39 is 0 Å². The van der Waals surface area contributed by atoms with Crippen LogP contribution in [0, 0.1) is 20.8 Å². The van der Waals surface area contributed by atoms with Gasteiger partial charge < -0.3 is 19.4 Å². The van der Waals surface area contributed by atoms with Crippen LogP contribution in [0.5, 0.6) is 11.5 Å². The van der Waals surface area contributed by atoms with Crippen molar-refractivity contribution < 1.29 is 14.3 Å². The minimum absolute atomic E-state index is 0.0524. The fourth-order valence-electron chi connectivity index (χ4n) is 4.13. The maximum absolute atomic E-state index is 12.7. The number of halogens is 1. The highest BCUT2D eigenvalue weighted by atomic mass is 35.5. The normalized spacial score (nSPS) is 11.9. The molecule has 0 saturated carbocycles. The molecule has 188 valence electrons. The zero-order valence-electron chi connectivity index (χ0n) is 21.2. The maximum Gasteiger partial charge on any atom is 0.258 e. The molecule has 1 unspecified atom stereocenters. The number of fused-ring (bicyclic) bond motifs is 1. The van der Waals surface area contributed by atoms with Crippen LogP contribution in [0.2, 0.25) is 5.02 Å². The molecule has 4 rings (SSSR count). The van der Waals surface area contributed by atoms with Crippen LogP contribution in [-0.4, -0.2) is 28.7 Å². The molecule has 1 heterocycles. The van der Waals surface area contributed by atoms with E-state index in [-0.39, 0.29) is 18.6 Å². The summed E-state index contributed by atoms with van der Waals surface area (Å²) >= 11 is 6.11. The molecule has 0 fully saturated rings. The number of hydrogen-bond donors (Lipinski definition) is 1. The van der Waals surface area contributed by atoms with Crippen LogP contribution in [-0.2, 0) is 11.3 Å². The molecule has 1 amide bonds. The van der Waals surface area contributed by atoms with Crippen molar-refractivity contribution >= 4 is 28.5 Å². The smallest absolute Gasteiger partial charge is 0.258 e. The Labute approximate surface area is 217 Å². The minimum atomic E-state index is -0.285. The Morgan fingerprint density at radius 3 is 2.64 bits per heavy atom. The number of rotatable bonds is 10. The van der Waals surface area contributed by atoms with Crippen LogP contribution < -0.4 is 14.8 Å². The lowest BCUT2D eigenvalue weighted by Crippen LogP contribution is -2.32. The summed E-state index contributed by atoms with van der Waals surface area (Å²) in [6.45, 7) is 9.08. The molecule has 1 atom stereocenters. The Morgan fingerprint density at radius 2 is 1.83 bits per heavy atom. The molecule has 3 aromatic carbocycles.